The first kappa shape index (κ1) is 13.9. The van der Waals surface area contributed by atoms with Crippen LogP contribution in [0.1, 0.15) is 25.7 Å². The van der Waals surface area contributed by atoms with Gasteiger partial charge in [0.25, 0.3) is 11.6 Å². The number of nitro benzene ring substituents is 1. The summed E-state index contributed by atoms with van der Waals surface area (Å²) in [5, 5.41) is 13.7. The maximum Gasteiger partial charge on any atom is 0.273 e. The highest BCUT2D eigenvalue weighted by Crippen LogP contribution is 2.44. The molecular formula is C15H18N2O4. The fourth-order valence-corrected chi connectivity index (χ4v) is 2.59. The van der Waals surface area contributed by atoms with Crippen LogP contribution >= 0.6 is 0 Å². The van der Waals surface area contributed by atoms with Crippen molar-refractivity contribution in [1.82, 2.24) is 5.32 Å². The fraction of sp³-hybridized carbons (Fsp3) is 0.533. The first-order valence-electron chi connectivity index (χ1n) is 7.30. The third-order valence-corrected chi connectivity index (χ3v) is 3.99. The molecule has 1 aromatic rings. The Morgan fingerprint density at radius 2 is 2.00 bits per heavy atom. The van der Waals surface area contributed by atoms with Crippen LogP contribution in [0.4, 0.5) is 5.69 Å². The number of nitro groups is 1. The molecule has 0 unspecified atom stereocenters. The lowest BCUT2D eigenvalue weighted by atomic mass is 10.1. The quantitative estimate of drug-likeness (QED) is 0.617. The van der Waals surface area contributed by atoms with E-state index in [-0.39, 0.29) is 18.2 Å². The monoisotopic (exact) mass is 290 g/mol. The Labute approximate surface area is 122 Å². The molecule has 0 aliphatic heterocycles. The molecule has 112 valence electrons. The Hall–Kier alpha value is -2.11. The van der Waals surface area contributed by atoms with Gasteiger partial charge in [0.05, 0.1) is 11.0 Å². The highest BCUT2D eigenvalue weighted by Gasteiger charge is 2.42. The molecule has 0 spiro atoms. The second-order valence-corrected chi connectivity index (χ2v) is 5.81. The molecule has 3 rings (SSSR count). The molecule has 2 saturated carbocycles. The van der Waals surface area contributed by atoms with Gasteiger partial charge in [-0.05, 0) is 43.6 Å². The molecule has 0 bridgehead atoms. The van der Waals surface area contributed by atoms with E-state index in [0.717, 1.165) is 0 Å². The predicted molar refractivity (Wildman–Crippen MR) is 76.0 cm³/mol. The van der Waals surface area contributed by atoms with Crippen LogP contribution in [0.2, 0.25) is 0 Å². The van der Waals surface area contributed by atoms with Gasteiger partial charge in [-0.15, -0.1) is 0 Å². The van der Waals surface area contributed by atoms with E-state index in [1.54, 1.807) is 12.1 Å². The summed E-state index contributed by atoms with van der Waals surface area (Å²) in [5.74, 6) is 1.47. The number of carbonyl (C=O) groups is 1. The van der Waals surface area contributed by atoms with E-state index in [1.807, 2.05) is 0 Å². The zero-order valence-corrected chi connectivity index (χ0v) is 11.7. The van der Waals surface area contributed by atoms with Gasteiger partial charge in [0.1, 0.15) is 5.75 Å². The Morgan fingerprint density at radius 3 is 2.57 bits per heavy atom. The summed E-state index contributed by atoms with van der Waals surface area (Å²) in [6.07, 6.45) is 4.81. The largest absolute Gasteiger partial charge is 0.484 e. The van der Waals surface area contributed by atoms with Gasteiger partial charge in [0.2, 0.25) is 0 Å². The topological polar surface area (TPSA) is 81.5 Å². The second-order valence-electron chi connectivity index (χ2n) is 5.81. The van der Waals surface area contributed by atoms with Crippen molar-refractivity contribution in [1.29, 1.82) is 0 Å². The number of hydrogen-bond acceptors (Lipinski definition) is 4. The molecule has 21 heavy (non-hydrogen) atoms. The van der Waals surface area contributed by atoms with Crippen molar-refractivity contribution in [3.8, 4) is 5.75 Å². The highest BCUT2D eigenvalue weighted by molar-refractivity contribution is 5.78. The van der Waals surface area contributed by atoms with Gasteiger partial charge in [0.15, 0.2) is 6.61 Å². The summed E-state index contributed by atoms with van der Waals surface area (Å²) in [4.78, 5) is 22.1. The van der Waals surface area contributed by atoms with E-state index in [0.29, 0.717) is 23.6 Å². The first-order chi connectivity index (χ1) is 10.1. The number of amides is 1. The summed E-state index contributed by atoms with van der Waals surface area (Å²) in [6.45, 7) is -0.100. The molecule has 6 heteroatoms. The van der Waals surface area contributed by atoms with Crippen molar-refractivity contribution >= 4 is 11.6 Å². The van der Waals surface area contributed by atoms with Crippen molar-refractivity contribution in [2.45, 2.75) is 31.7 Å². The highest BCUT2D eigenvalue weighted by atomic mass is 16.6. The smallest absolute Gasteiger partial charge is 0.273 e. The molecule has 2 fully saturated rings. The van der Waals surface area contributed by atoms with Gasteiger partial charge in [0, 0.05) is 12.1 Å². The Bertz CT molecular complexity index is 540. The number of hydrogen-bond donors (Lipinski definition) is 1. The lowest BCUT2D eigenvalue weighted by Crippen LogP contribution is -2.40. The van der Waals surface area contributed by atoms with Crippen LogP contribution in [0.15, 0.2) is 24.3 Å². The van der Waals surface area contributed by atoms with Gasteiger partial charge in [-0.1, -0.05) is 6.07 Å². The Balaban J connectivity index is 1.51. The normalized spacial score (nSPS) is 17.6. The second kappa shape index (κ2) is 5.71. The number of non-ortho nitro benzene ring substituents is 1. The van der Waals surface area contributed by atoms with Crippen LogP contribution in [-0.4, -0.2) is 23.5 Å². The van der Waals surface area contributed by atoms with E-state index in [9.17, 15) is 14.9 Å². The van der Waals surface area contributed by atoms with E-state index >= 15 is 0 Å². The standard InChI is InChI=1S/C15H18N2O4/c18-14(16-15(10-4-5-10)11-6-7-11)9-21-13-3-1-2-12(8-13)17(19)20/h1-3,8,10-11,15H,4-7,9H2,(H,16,18). The lowest BCUT2D eigenvalue weighted by molar-refractivity contribution is -0.384. The van der Waals surface area contributed by atoms with E-state index in [1.165, 1.54) is 37.8 Å². The van der Waals surface area contributed by atoms with E-state index < -0.39 is 4.92 Å². The summed E-state index contributed by atoms with van der Waals surface area (Å²) >= 11 is 0. The Kier molecular flexibility index (Phi) is 3.77. The number of carbonyl (C=O) groups excluding carboxylic acids is 1. The average Bonchev–Trinajstić information content (AvgIpc) is 3.36. The predicted octanol–water partition coefficient (Wildman–Crippen LogP) is 2.28. The first-order valence-corrected chi connectivity index (χ1v) is 7.30. The summed E-state index contributed by atoms with van der Waals surface area (Å²) in [5.41, 5.74) is -0.0401. The summed E-state index contributed by atoms with van der Waals surface area (Å²) in [7, 11) is 0. The molecule has 2 aliphatic rings. The minimum absolute atomic E-state index is 0.0401. The maximum atomic E-state index is 11.9. The lowest BCUT2D eigenvalue weighted by Gasteiger charge is -2.17. The molecule has 0 heterocycles. The molecule has 0 atom stereocenters. The molecule has 0 radical (unpaired) electrons. The van der Waals surface area contributed by atoms with Gasteiger partial charge in [-0.25, -0.2) is 0 Å². The van der Waals surface area contributed by atoms with Gasteiger partial charge in [-0.2, -0.15) is 0 Å². The number of nitrogens with one attached hydrogen (secondary N) is 1. The van der Waals surface area contributed by atoms with Crippen molar-refractivity contribution in [3.05, 3.63) is 34.4 Å². The van der Waals surface area contributed by atoms with E-state index in [2.05, 4.69) is 5.32 Å². The van der Waals surface area contributed by atoms with Gasteiger partial charge >= 0.3 is 0 Å². The number of rotatable bonds is 7. The van der Waals surface area contributed by atoms with Crippen LogP contribution < -0.4 is 10.1 Å². The van der Waals surface area contributed by atoms with Crippen LogP contribution in [-0.2, 0) is 4.79 Å². The molecule has 1 N–H and O–H groups in total. The van der Waals surface area contributed by atoms with Crippen molar-refractivity contribution in [2.24, 2.45) is 11.8 Å². The minimum atomic E-state index is -0.483. The molecular weight excluding hydrogens is 272 g/mol. The van der Waals surface area contributed by atoms with Crippen LogP contribution in [0.25, 0.3) is 0 Å². The third kappa shape index (κ3) is 3.71. The zero-order valence-electron chi connectivity index (χ0n) is 11.7. The molecule has 0 aromatic heterocycles. The van der Waals surface area contributed by atoms with Crippen molar-refractivity contribution < 1.29 is 14.5 Å². The average molecular weight is 290 g/mol. The third-order valence-electron chi connectivity index (χ3n) is 3.99. The zero-order chi connectivity index (χ0) is 14.8. The molecule has 6 nitrogen and oxygen atoms in total. The SMILES string of the molecule is O=C(COc1cccc([N+](=O)[O-])c1)NC(C1CC1)C1CC1. The molecule has 1 aromatic carbocycles. The molecule has 1 amide bonds. The summed E-state index contributed by atoms with van der Waals surface area (Å²) < 4.78 is 5.34. The van der Waals surface area contributed by atoms with Gasteiger partial charge in [-0.3, -0.25) is 14.9 Å². The van der Waals surface area contributed by atoms with Crippen LogP contribution in [0, 0.1) is 22.0 Å². The molecule has 2 aliphatic carbocycles. The number of nitrogens with zero attached hydrogens (tertiary/aromatic N) is 1. The van der Waals surface area contributed by atoms with E-state index in [4.69, 9.17) is 4.74 Å². The molecule has 0 saturated heterocycles. The maximum absolute atomic E-state index is 11.9. The van der Waals surface area contributed by atoms with Crippen LogP contribution in [0.3, 0.4) is 0 Å². The van der Waals surface area contributed by atoms with Crippen molar-refractivity contribution in [2.75, 3.05) is 6.61 Å². The number of benzene rings is 1. The summed E-state index contributed by atoms with van der Waals surface area (Å²) in [6, 6.07) is 6.17. The Morgan fingerprint density at radius 1 is 1.33 bits per heavy atom. The van der Waals surface area contributed by atoms with Crippen LogP contribution in [0.5, 0.6) is 5.75 Å². The van der Waals surface area contributed by atoms with Crippen molar-refractivity contribution in [3.63, 3.8) is 0 Å². The minimum Gasteiger partial charge on any atom is -0.484 e. The number of ether oxygens (including phenoxy) is 1. The van der Waals surface area contributed by atoms with Gasteiger partial charge < -0.3 is 10.1 Å². The fourth-order valence-electron chi connectivity index (χ4n) is 2.59.